The lowest BCUT2D eigenvalue weighted by molar-refractivity contribution is -0.172. The van der Waals surface area contributed by atoms with Crippen molar-refractivity contribution in [3.05, 3.63) is 0 Å². The van der Waals surface area contributed by atoms with Crippen molar-refractivity contribution in [2.75, 3.05) is 19.8 Å². The zero-order chi connectivity index (χ0) is 12.2. The second-order valence-corrected chi connectivity index (χ2v) is 3.62. The summed E-state index contributed by atoms with van der Waals surface area (Å²) < 4.78 is 34.5. The predicted molar refractivity (Wildman–Crippen MR) is 50.1 cm³/mol. The molecule has 0 bridgehead atoms. The van der Waals surface area contributed by atoms with E-state index in [1.165, 1.54) is 0 Å². The van der Waals surface area contributed by atoms with Crippen LogP contribution >= 0.6 is 0 Å². The van der Waals surface area contributed by atoms with Crippen LogP contribution in [0.3, 0.4) is 0 Å². The van der Waals surface area contributed by atoms with Gasteiger partial charge < -0.3 is 9.47 Å². The SMILES string of the molecule is CCOC(=O)C1(CC(F)F)COCCC1=O. The molecule has 4 nitrogen and oxygen atoms in total. The molecule has 1 heterocycles. The van der Waals surface area contributed by atoms with Gasteiger partial charge in [-0.2, -0.15) is 0 Å². The Balaban J connectivity index is 2.90. The molecular formula is C10H14F2O4. The van der Waals surface area contributed by atoms with Crippen LogP contribution in [-0.2, 0) is 19.1 Å². The molecular weight excluding hydrogens is 222 g/mol. The molecule has 1 unspecified atom stereocenters. The number of hydrogen-bond donors (Lipinski definition) is 0. The van der Waals surface area contributed by atoms with Crippen LogP contribution in [0.2, 0.25) is 0 Å². The van der Waals surface area contributed by atoms with Crippen LogP contribution in [0.1, 0.15) is 19.8 Å². The molecule has 1 aliphatic heterocycles. The highest BCUT2D eigenvalue weighted by atomic mass is 19.3. The molecule has 1 saturated heterocycles. The Kier molecular flexibility index (Phi) is 4.35. The van der Waals surface area contributed by atoms with Crippen LogP contribution in [0, 0.1) is 5.41 Å². The fourth-order valence-corrected chi connectivity index (χ4v) is 1.69. The van der Waals surface area contributed by atoms with Crippen molar-refractivity contribution >= 4 is 11.8 Å². The highest BCUT2D eigenvalue weighted by molar-refractivity contribution is 6.04. The molecule has 1 aliphatic rings. The lowest BCUT2D eigenvalue weighted by Crippen LogP contribution is -2.49. The number of Topliss-reactive ketones (excluding diaryl/α,β-unsaturated/α-hetero) is 1. The van der Waals surface area contributed by atoms with Crippen molar-refractivity contribution < 1.29 is 27.8 Å². The Bertz CT molecular complexity index is 280. The van der Waals surface area contributed by atoms with Gasteiger partial charge in [0.2, 0.25) is 6.43 Å². The quantitative estimate of drug-likeness (QED) is 0.543. The highest BCUT2D eigenvalue weighted by Gasteiger charge is 2.50. The average Bonchev–Trinajstić information content (AvgIpc) is 2.21. The minimum atomic E-state index is -2.74. The largest absolute Gasteiger partial charge is 0.465 e. The lowest BCUT2D eigenvalue weighted by atomic mass is 9.78. The summed E-state index contributed by atoms with van der Waals surface area (Å²) in [5, 5.41) is 0. The summed E-state index contributed by atoms with van der Waals surface area (Å²) in [6.45, 7) is 1.47. The van der Waals surface area contributed by atoms with E-state index in [0.29, 0.717) is 0 Å². The molecule has 92 valence electrons. The van der Waals surface area contributed by atoms with Crippen molar-refractivity contribution in [1.29, 1.82) is 0 Å². The number of halogens is 2. The summed E-state index contributed by atoms with van der Waals surface area (Å²) in [6, 6.07) is 0. The van der Waals surface area contributed by atoms with Crippen LogP contribution in [0.4, 0.5) is 8.78 Å². The Labute approximate surface area is 91.9 Å². The molecule has 0 aromatic rings. The minimum Gasteiger partial charge on any atom is -0.465 e. The van der Waals surface area contributed by atoms with Gasteiger partial charge in [0, 0.05) is 12.8 Å². The van der Waals surface area contributed by atoms with Gasteiger partial charge in [0.25, 0.3) is 0 Å². The van der Waals surface area contributed by atoms with E-state index in [4.69, 9.17) is 4.74 Å². The maximum atomic E-state index is 12.4. The highest BCUT2D eigenvalue weighted by Crippen LogP contribution is 2.33. The molecule has 0 spiro atoms. The first-order valence-electron chi connectivity index (χ1n) is 5.09. The number of hydrogen-bond acceptors (Lipinski definition) is 4. The first kappa shape index (κ1) is 13.0. The van der Waals surface area contributed by atoms with Crippen molar-refractivity contribution in [3.8, 4) is 0 Å². The van der Waals surface area contributed by atoms with Crippen molar-refractivity contribution in [2.24, 2.45) is 5.41 Å². The summed E-state index contributed by atoms with van der Waals surface area (Å²) >= 11 is 0. The Morgan fingerprint density at radius 1 is 1.62 bits per heavy atom. The maximum absolute atomic E-state index is 12.4. The number of carbonyl (C=O) groups excluding carboxylic acids is 2. The van der Waals surface area contributed by atoms with Crippen LogP contribution in [0.5, 0.6) is 0 Å². The van der Waals surface area contributed by atoms with Crippen molar-refractivity contribution in [3.63, 3.8) is 0 Å². The number of carbonyl (C=O) groups is 2. The fraction of sp³-hybridized carbons (Fsp3) is 0.800. The maximum Gasteiger partial charge on any atom is 0.322 e. The third kappa shape index (κ3) is 2.55. The van der Waals surface area contributed by atoms with Crippen molar-refractivity contribution in [1.82, 2.24) is 0 Å². The van der Waals surface area contributed by atoms with E-state index in [1.807, 2.05) is 0 Å². The van der Waals surface area contributed by atoms with E-state index >= 15 is 0 Å². The summed E-state index contributed by atoms with van der Waals surface area (Å²) in [7, 11) is 0. The molecule has 0 radical (unpaired) electrons. The molecule has 1 rings (SSSR count). The van der Waals surface area contributed by atoms with Gasteiger partial charge in [0.05, 0.1) is 19.8 Å². The molecule has 1 fully saturated rings. The molecule has 0 saturated carbocycles. The van der Waals surface area contributed by atoms with Crippen molar-refractivity contribution in [2.45, 2.75) is 26.2 Å². The van der Waals surface area contributed by atoms with Gasteiger partial charge in [0.1, 0.15) is 0 Å². The molecule has 0 aliphatic carbocycles. The van der Waals surface area contributed by atoms with Gasteiger partial charge >= 0.3 is 5.97 Å². The standard InChI is InChI=1S/C10H14F2O4/c1-2-16-9(14)10(5-8(11)12)6-15-4-3-7(10)13/h8H,2-6H2,1H3. The average molecular weight is 236 g/mol. The van der Waals surface area contributed by atoms with Crippen LogP contribution in [0.15, 0.2) is 0 Å². The first-order chi connectivity index (χ1) is 7.53. The van der Waals surface area contributed by atoms with E-state index < -0.39 is 30.0 Å². The van der Waals surface area contributed by atoms with E-state index in [0.717, 1.165) is 0 Å². The summed E-state index contributed by atoms with van der Waals surface area (Å²) in [6.07, 6.45) is -3.59. The predicted octanol–water partition coefficient (Wildman–Crippen LogP) is 1.18. The lowest BCUT2D eigenvalue weighted by Gasteiger charge is -2.32. The first-order valence-corrected chi connectivity index (χ1v) is 5.09. The molecule has 6 heteroatoms. The minimum absolute atomic E-state index is 0.0223. The number of rotatable bonds is 4. The van der Waals surface area contributed by atoms with Gasteiger partial charge in [0.15, 0.2) is 11.2 Å². The topological polar surface area (TPSA) is 52.6 Å². The number of esters is 1. The van der Waals surface area contributed by atoms with Gasteiger partial charge in [-0.3, -0.25) is 9.59 Å². The van der Waals surface area contributed by atoms with Gasteiger partial charge in [-0.25, -0.2) is 8.78 Å². The van der Waals surface area contributed by atoms with Crippen LogP contribution < -0.4 is 0 Å². The Morgan fingerprint density at radius 3 is 2.81 bits per heavy atom. The molecule has 0 aromatic carbocycles. The van der Waals surface area contributed by atoms with Crippen LogP contribution in [0.25, 0.3) is 0 Å². The summed E-state index contributed by atoms with van der Waals surface area (Å²) in [4.78, 5) is 23.3. The molecule has 1 atom stereocenters. The molecule has 16 heavy (non-hydrogen) atoms. The monoisotopic (exact) mass is 236 g/mol. The zero-order valence-electron chi connectivity index (χ0n) is 9.00. The van der Waals surface area contributed by atoms with E-state index in [1.54, 1.807) is 6.92 Å². The number of alkyl halides is 2. The van der Waals surface area contributed by atoms with Crippen LogP contribution in [-0.4, -0.2) is 38.0 Å². The third-order valence-electron chi connectivity index (χ3n) is 2.52. The molecule has 0 aromatic heterocycles. The Hall–Kier alpha value is -1.04. The number of ether oxygens (including phenoxy) is 2. The third-order valence-corrected chi connectivity index (χ3v) is 2.52. The van der Waals surface area contributed by atoms with Gasteiger partial charge in [-0.05, 0) is 6.92 Å². The zero-order valence-corrected chi connectivity index (χ0v) is 9.00. The van der Waals surface area contributed by atoms with Gasteiger partial charge in [-0.15, -0.1) is 0 Å². The van der Waals surface area contributed by atoms with Gasteiger partial charge in [-0.1, -0.05) is 0 Å². The second-order valence-electron chi connectivity index (χ2n) is 3.62. The van der Waals surface area contributed by atoms with E-state index in [9.17, 15) is 18.4 Å². The Morgan fingerprint density at radius 2 is 2.31 bits per heavy atom. The summed E-state index contributed by atoms with van der Waals surface area (Å²) in [5.74, 6) is -1.42. The van der Waals surface area contributed by atoms with E-state index in [-0.39, 0.29) is 26.2 Å². The smallest absolute Gasteiger partial charge is 0.322 e. The van der Waals surface area contributed by atoms with E-state index in [2.05, 4.69) is 4.74 Å². The molecule has 0 N–H and O–H groups in total. The number of ketones is 1. The fourth-order valence-electron chi connectivity index (χ4n) is 1.69. The normalized spacial score (nSPS) is 25.9. The summed E-state index contributed by atoms with van der Waals surface area (Å²) in [5.41, 5.74) is -1.80. The second kappa shape index (κ2) is 5.34. The molecule has 0 amide bonds.